The third-order valence-electron chi connectivity index (χ3n) is 3.55. The maximum atomic E-state index is 12.6. The lowest BCUT2D eigenvalue weighted by Gasteiger charge is -2.17. The fourth-order valence-corrected chi connectivity index (χ4v) is 2.72. The zero-order valence-electron chi connectivity index (χ0n) is 13.3. The normalized spacial score (nSPS) is 10.4. The molecule has 3 rings (SSSR count). The van der Waals surface area contributed by atoms with Crippen LogP contribution in [0.25, 0.3) is 0 Å². The van der Waals surface area contributed by atoms with E-state index in [4.69, 9.17) is 23.2 Å². The van der Waals surface area contributed by atoms with E-state index < -0.39 is 0 Å². The van der Waals surface area contributed by atoms with Gasteiger partial charge < -0.3 is 10.2 Å². The van der Waals surface area contributed by atoms with Crippen LogP contribution in [0.3, 0.4) is 0 Å². The average Bonchev–Trinajstić information content (AvgIpc) is 2.64. The number of rotatable bonds is 4. The molecule has 1 heterocycles. The van der Waals surface area contributed by atoms with Crippen molar-refractivity contribution in [1.82, 2.24) is 9.97 Å². The monoisotopic (exact) mass is 372 g/mol. The van der Waals surface area contributed by atoms with Gasteiger partial charge >= 0.3 is 0 Å². The van der Waals surface area contributed by atoms with Gasteiger partial charge in [-0.3, -0.25) is 4.79 Å². The molecule has 0 saturated carbocycles. The molecule has 0 radical (unpaired) electrons. The van der Waals surface area contributed by atoms with Crippen molar-refractivity contribution in [1.29, 1.82) is 0 Å². The van der Waals surface area contributed by atoms with E-state index in [0.717, 1.165) is 5.69 Å². The minimum Gasteiger partial charge on any atom is -0.338 e. The van der Waals surface area contributed by atoms with Crippen LogP contribution in [0.4, 0.5) is 17.2 Å². The van der Waals surface area contributed by atoms with E-state index in [2.05, 4.69) is 15.3 Å². The third kappa shape index (κ3) is 3.90. The Kier molecular flexibility index (Phi) is 5.16. The van der Waals surface area contributed by atoms with E-state index in [-0.39, 0.29) is 11.6 Å². The van der Waals surface area contributed by atoms with Crippen LogP contribution in [0, 0.1) is 0 Å². The summed E-state index contributed by atoms with van der Waals surface area (Å²) in [5.41, 5.74) is 1.56. The largest absolute Gasteiger partial charge is 0.338 e. The zero-order chi connectivity index (χ0) is 17.8. The predicted molar refractivity (Wildman–Crippen MR) is 101 cm³/mol. The number of halogens is 2. The second kappa shape index (κ2) is 7.51. The van der Waals surface area contributed by atoms with Gasteiger partial charge in [-0.15, -0.1) is 0 Å². The molecule has 0 atom stereocenters. The molecule has 1 N–H and O–H groups in total. The van der Waals surface area contributed by atoms with E-state index in [0.29, 0.717) is 21.6 Å². The standard InChI is InChI=1S/C18H14Cl2N4O/c1-24(12-6-3-2-4-7-12)18(25)15-10-16(22-11-21-15)23-17-13(19)8-5-9-14(17)20/h2-11H,1H3,(H,21,22,23). The first-order valence-corrected chi connectivity index (χ1v) is 8.18. The number of aromatic nitrogens is 2. The second-order valence-corrected chi connectivity index (χ2v) is 6.02. The van der Waals surface area contributed by atoms with Gasteiger partial charge in [0.25, 0.3) is 5.91 Å². The molecule has 1 amide bonds. The molecule has 0 bridgehead atoms. The highest BCUT2D eigenvalue weighted by Gasteiger charge is 2.16. The molecule has 1 aromatic heterocycles. The molecule has 0 saturated heterocycles. The van der Waals surface area contributed by atoms with Gasteiger partial charge in [0.05, 0.1) is 15.7 Å². The van der Waals surface area contributed by atoms with Gasteiger partial charge in [0, 0.05) is 18.8 Å². The van der Waals surface area contributed by atoms with Crippen LogP contribution in [-0.4, -0.2) is 22.9 Å². The molecule has 0 aliphatic heterocycles. The van der Waals surface area contributed by atoms with Gasteiger partial charge in [-0.1, -0.05) is 47.5 Å². The van der Waals surface area contributed by atoms with Crippen molar-refractivity contribution in [2.75, 3.05) is 17.3 Å². The summed E-state index contributed by atoms with van der Waals surface area (Å²) in [7, 11) is 1.69. The SMILES string of the molecule is CN(C(=O)c1cc(Nc2c(Cl)cccc2Cl)ncn1)c1ccccc1. The van der Waals surface area contributed by atoms with Crippen LogP contribution in [0.1, 0.15) is 10.5 Å². The van der Waals surface area contributed by atoms with Crippen molar-refractivity contribution in [2.24, 2.45) is 0 Å². The lowest BCUT2D eigenvalue weighted by atomic mass is 10.2. The number of nitrogens with zero attached hydrogens (tertiary/aromatic N) is 3. The number of hydrogen-bond donors (Lipinski definition) is 1. The molecule has 25 heavy (non-hydrogen) atoms. The number of carbonyl (C=O) groups is 1. The lowest BCUT2D eigenvalue weighted by molar-refractivity contribution is 0.0988. The van der Waals surface area contributed by atoms with Crippen molar-refractivity contribution < 1.29 is 4.79 Å². The topological polar surface area (TPSA) is 58.1 Å². The first kappa shape index (κ1) is 17.2. The number of amides is 1. The van der Waals surface area contributed by atoms with E-state index in [9.17, 15) is 4.79 Å². The summed E-state index contributed by atoms with van der Waals surface area (Å²) in [6, 6.07) is 16.1. The fraction of sp³-hybridized carbons (Fsp3) is 0.0556. The van der Waals surface area contributed by atoms with Crippen LogP contribution in [0.2, 0.25) is 10.0 Å². The Balaban J connectivity index is 1.85. The fourth-order valence-electron chi connectivity index (χ4n) is 2.23. The Morgan fingerprint density at radius 3 is 2.36 bits per heavy atom. The summed E-state index contributed by atoms with van der Waals surface area (Å²) in [6.45, 7) is 0. The molecule has 5 nitrogen and oxygen atoms in total. The number of anilines is 3. The van der Waals surface area contributed by atoms with Crippen LogP contribution in [0.5, 0.6) is 0 Å². The lowest BCUT2D eigenvalue weighted by Crippen LogP contribution is -2.27. The molecule has 2 aromatic carbocycles. The summed E-state index contributed by atoms with van der Waals surface area (Å²) in [5.74, 6) is 0.178. The van der Waals surface area contributed by atoms with Gasteiger partial charge in [0.1, 0.15) is 17.8 Å². The van der Waals surface area contributed by atoms with Crippen molar-refractivity contribution >= 4 is 46.3 Å². The quantitative estimate of drug-likeness (QED) is 0.714. The average molecular weight is 373 g/mol. The summed E-state index contributed by atoms with van der Waals surface area (Å²) in [4.78, 5) is 22.3. The molecule has 0 fully saturated rings. The smallest absolute Gasteiger partial charge is 0.276 e. The molecule has 126 valence electrons. The van der Waals surface area contributed by atoms with E-state index in [1.165, 1.54) is 11.2 Å². The van der Waals surface area contributed by atoms with Crippen LogP contribution in [0.15, 0.2) is 60.9 Å². The van der Waals surface area contributed by atoms with E-state index in [1.807, 2.05) is 30.3 Å². The summed E-state index contributed by atoms with van der Waals surface area (Å²) < 4.78 is 0. The highest BCUT2D eigenvalue weighted by molar-refractivity contribution is 6.39. The van der Waals surface area contributed by atoms with Gasteiger partial charge in [-0.05, 0) is 24.3 Å². The van der Waals surface area contributed by atoms with Crippen LogP contribution >= 0.6 is 23.2 Å². The van der Waals surface area contributed by atoms with E-state index in [1.54, 1.807) is 31.3 Å². The van der Waals surface area contributed by atoms with Gasteiger partial charge in [0.15, 0.2) is 0 Å². The number of hydrogen-bond acceptors (Lipinski definition) is 4. The van der Waals surface area contributed by atoms with Crippen molar-refractivity contribution in [2.45, 2.75) is 0 Å². The maximum Gasteiger partial charge on any atom is 0.276 e. The molecule has 7 heteroatoms. The predicted octanol–water partition coefficient (Wildman–Crippen LogP) is 4.80. The molecule has 0 aliphatic rings. The number of nitrogens with one attached hydrogen (secondary N) is 1. The van der Waals surface area contributed by atoms with Crippen LogP contribution in [-0.2, 0) is 0 Å². The Morgan fingerprint density at radius 2 is 1.68 bits per heavy atom. The Bertz CT molecular complexity index is 882. The Labute approximate surface area is 155 Å². The number of carbonyl (C=O) groups excluding carboxylic acids is 1. The number of para-hydroxylation sites is 2. The minimum absolute atomic E-state index is 0.248. The van der Waals surface area contributed by atoms with E-state index >= 15 is 0 Å². The summed E-state index contributed by atoms with van der Waals surface area (Å²) in [6.07, 6.45) is 1.32. The van der Waals surface area contributed by atoms with Crippen molar-refractivity contribution in [3.05, 3.63) is 76.7 Å². The highest BCUT2D eigenvalue weighted by Crippen LogP contribution is 2.32. The molecular formula is C18H14Cl2N4O. The summed E-state index contributed by atoms with van der Waals surface area (Å²) >= 11 is 12.3. The highest BCUT2D eigenvalue weighted by atomic mass is 35.5. The molecule has 3 aromatic rings. The van der Waals surface area contributed by atoms with Gasteiger partial charge in [0.2, 0.25) is 0 Å². The van der Waals surface area contributed by atoms with Gasteiger partial charge in [-0.2, -0.15) is 0 Å². The molecular weight excluding hydrogens is 359 g/mol. The van der Waals surface area contributed by atoms with Crippen LogP contribution < -0.4 is 10.2 Å². The molecule has 0 unspecified atom stereocenters. The third-order valence-corrected chi connectivity index (χ3v) is 4.18. The number of benzene rings is 2. The second-order valence-electron chi connectivity index (χ2n) is 5.21. The summed E-state index contributed by atoms with van der Waals surface area (Å²) in [5, 5.41) is 3.95. The zero-order valence-corrected chi connectivity index (χ0v) is 14.8. The Hall–Kier alpha value is -2.63. The molecule has 0 spiro atoms. The first-order valence-electron chi connectivity index (χ1n) is 7.42. The maximum absolute atomic E-state index is 12.6. The molecule has 0 aliphatic carbocycles. The van der Waals surface area contributed by atoms with Gasteiger partial charge in [-0.25, -0.2) is 9.97 Å². The van der Waals surface area contributed by atoms with Crippen molar-refractivity contribution in [3.63, 3.8) is 0 Å². The first-order chi connectivity index (χ1) is 12.1. The Morgan fingerprint density at radius 1 is 1.00 bits per heavy atom. The van der Waals surface area contributed by atoms with Crippen molar-refractivity contribution in [3.8, 4) is 0 Å². The minimum atomic E-state index is -0.248.